The third-order valence-corrected chi connectivity index (χ3v) is 4.90. The summed E-state index contributed by atoms with van der Waals surface area (Å²) < 4.78 is 0. The molecule has 2 heterocycles. The molecule has 6 nitrogen and oxygen atoms in total. The molecule has 0 aromatic heterocycles. The van der Waals surface area contributed by atoms with Gasteiger partial charge in [-0.25, -0.2) is 5.01 Å². The van der Waals surface area contributed by atoms with E-state index in [1.165, 1.54) is 0 Å². The number of carbonyl (C=O) groups is 1. The van der Waals surface area contributed by atoms with Crippen LogP contribution in [0.5, 0.6) is 0 Å². The molecule has 1 N–H and O–H groups in total. The van der Waals surface area contributed by atoms with Gasteiger partial charge in [-0.15, -0.1) is 0 Å². The molecule has 1 amide bonds. The minimum absolute atomic E-state index is 0.0714. The van der Waals surface area contributed by atoms with Crippen LogP contribution >= 0.6 is 0 Å². The standard InChI is InChI=1S/C19H28N4O2/c1-15-12-21(10-11-22(15)13-16(2)24)14-19(25)23-9-8-18(20-23)17-6-4-3-5-7-17/h3-7,15-16,24H,8-14H2,1-2H3/t15-,16+/m0/s1. The summed E-state index contributed by atoms with van der Waals surface area (Å²) in [5, 5.41) is 15.7. The number of nitrogens with zero attached hydrogens (tertiary/aromatic N) is 4. The second-order valence-electron chi connectivity index (χ2n) is 7.11. The largest absolute Gasteiger partial charge is 0.392 e. The molecule has 1 aromatic carbocycles. The summed E-state index contributed by atoms with van der Waals surface area (Å²) in [6, 6.07) is 10.4. The lowest BCUT2D eigenvalue weighted by Crippen LogP contribution is -2.55. The molecule has 6 heteroatoms. The maximum atomic E-state index is 12.6. The van der Waals surface area contributed by atoms with Gasteiger partial charge in [-0.1, -0.05) is 30.3 Å². The Bertz CT molecular complexity index is 617. The fraction of sp³-hybridized carbons (Fsp3) is 0.579. The third-order valence-electron chi connectivity index (χ3n) is 4.90. The van der Waals surface area contributed by atoms with Crippen LogP contribution in [-0.4, -0.2) is 82.9 Å². The van der Waals surface area contributed by atoms with Crippen LogP contribution in [0, 0.1) is 0 Å². The number of carbonyl (C=O) groups excluding carboxylic acids is 1. The van der Waals surface area contributed by atoms with Gasteiger partial charge in [-0.05, 0) is 19.4 Å². The van der Waals surface area contributed by atoms with Gasteiger partial charge in [0.05, 0.1) is 24.9 Å². The first kappa shape index (κ1) is 18.0. The Labute approximate surface area is 149 Å². The normalized spacial score (nSPS) is 23.6. The van der Waals surface area contributed by atoms with E-state index in [9.17, 15) is 9.90 Å². The van der Waals surface area contributed by atoms with Gasteiger partial charge < -0.3 is 5.11 Å². The Hall–Kier alpha value is -1.76. The first-order valence-corrected chi connectivity index (χ1v) is 9.10. The van der Waals surface area contributed by atoms with Gasteiger partial charge in [-0.3, -0.25) is 14.6 Å². The quantitative estimate of drug-likeness (QED) is 0.866. The second kappa shape index (κ2) is 8.08. The molecule has 0 aliphatic carbocycles. The minimum atomic E-state index is -0.314. The van der Waals surface area contributed by atoms with Gasteiger partial charge in [0.1, 0.15) is 0 Å². The average Bonchev–Trinajstić information content (AvgIpc) is 3.08. The Morgan fingerprint density at radius 3 is 2.72 bits per heavy atom. The van der Waals surface area contributed by atoms with E-state index in [2.05, 4.69) is 21.8 Å². The number of β-amino-alcohol motifs (C(OH)–C–C–N with tert-alkyl or cyclic N) is 1. The molecule has 2 aliphatic rings. The summed E-state index contributed by atoms with van der Waals surface area (Å²) in [6.07, 6.45) is 0.500. The highest BCUT2D eigenvalue weighted by Crippen LogP contribution is 2.15. The summed E-state index contributed by atoms with van der Waals surface area (Å²) in [7, 11) is 0. The molecular formula is C19H28N4O2. The van der Waals surface area contributed by atoms with Crippen molar-refractivity contribution in [3.63, 3.8) is 0 Å². The molecular weight excluding hydrogens is 316 g/mol. The van der Waals surface area contributed by atoms with E-state index >= 15 is 0 Å². The van der Waals surface area contributed by atoms with E-state index in [0.717, 1.165) is 37.3 Å². The molecule has 0 unspecified atom stereocenters. The van der Waals surface area contributed by atoms with E-state index in [4.69, 9.17) is 0 Å². The number of aliphatic hydroxyl groups excluding tert-OH is 1. The van der Waals surface area contributed by atoms with Crippen molar-refractivity contribution in [2.75, 3.05) is 39.3 Å². The summed E-state index contributed by atoms with van der Waals surface area (Å²) >= 11 is 0. The van der Waals surface area contributed by atoms with E-state index in [1.54, 1.807) is 5.01 Å². The van der Waals surface area contributed by atoms with E-state index in [-0.39, 0.29) is 12.0 Å². The summed E-state index contributed by atoms with van der Waals surface area (Å²) in [5.41, 5.74) is 2.09. The Balaban J connectivity index is 1.53. The molecule has 0 radical (unpaired) electrons. The average molecular weight is 344 g/mol. The fourth-order valence-electron chi connectivity index (χ4n) is 3.57. The third kappa shape index (κ3) is 4.66. The molecule has 2 aliphatic heterocycles. The number of piperazine rings is 1. The number of amides is 1. The molecule has 25 heavy (non-hydrogen) atoms. The van der Waals surface area contributed by atoms with Gasteiger partial charge >= 0.3 is 0 Å². The lowest BCUT2D eigenvalue weighted by molar-refractivity contribution is -0.132. The number of hydrogen-bond acceptors (Lipinski definition) is 5. The molecule has 2 atom stereocenters. The molecule has 0 bridgehead atoms. The zero-order valence-corrected chi connectivity index (χ0v) is 15.1. The SMILES string of the molecule is C[C@@H](O)CN1CCN(CC(=O)N2CCC(c3ccccc3)=N2)C[C@@H]1C. The fourth-order valence-corrected chi connectivity index (χ4v) is 3.57. The van der Waals surface area contributed by atoms with Gasteiger partial charge in [0.15, 0.2) is 0 Å². The van der Waals surface area contributed by atoms with Crippen molar-refractivity contribution in [3.8, 4) is 0 Å². The molecule has 1 saturated heterocycles. The van der Waals surface area contributed by atoms with Crippen molar-refractivity contribution in [3.05, 3.63) is 35.9 Å². The highest BCUT2D eigenvalue weighted by atomic mass is 16.3. The van der Waals surface area contributed by atoms with Gasteiger partial charge in [0.2, 0.25) is 0 Å². The van der Waals surface area contributed by atoms with Crippen LogP contribution in [0.4, 0.5) is 0 Å². The van der Waals surface area contributed by atoms with Crippen LogP contribution in [0.15, 0.2) is 35.4 Å². The number of benzene rings is 1. The Morgan fingerprint density at radius 1 is 1.28 bits per heavy atom. The molecule has 1 fully saturated rings. The van der Waals surface area contributed by atoms with Crippen LogP contribution in [0.1, 0.15) is 25.8 Å². The van der Waals surface area contributed by atoms with Crippen LogP contribution in [0.3, 0.4) is 0 Å². The number of hydrogen-bond donors (Lipinski definition) is 1. The van der Waals surface area contributed by atoms with E-state index in [0.29, 0.717) is 25.7 Å². The van der Waals surface area contributed by atoms with E-state index < -0.39 is 0 Å². The van der Waals surface area contributed by atoms with Crippen LogP contribution < -0.4 is 0 Å². The molecule has 3 rings (SSSR count). The van der Waals surface area contributed by atoms with Crippen LogP contribution in [0.25, 0.3) is 0 Å². The van der Waals surface area contributed by atoms with Crippen molar-refractivity contribution in [2.45, 2.75) is 32.4 Å². The number of aliphatic hydroxyl groups is 1. The lowest BCUT2D eigenvalue weighted by Gasteiger charge is -2.40. The molecule has 0 spiro atoms. The molecule has 136 valence electrons. The Kier molecular flexibility index (Phi) is 5.83. The van der Waals surface area contributed by atoms with E-state index in [1.807, 2.05) is 37.3 Å². The zero-order valence-electron chi connectivity index (χ0n) is 15.1. The summed E-state index contributed by atoms with van der Waals surface area (Å²) in [5.74, 6) is 0.0714. The predicted molar refractivity (Wildman–Crippen MR) is 98.5 cm³/mol. The maximum absolute atomic E-state index is 12.6. The summed E-state index contributed by atoms with van der Waals surface area (Å²) in [4.78, 5) is 17.1. The summed E-state index contributed by atoms with van der Waals surface area (Å²) in [6.45, 7) is 8.34. The lowest BCUT2D eigenvalue weighted by atomic mass is 10.1. The molecule has 0 saturated carbocycles. The highest BCUT2D eigenvalue weighted by Gasteiger charge is 2.28. The van der Waals surface area contributed by atoms with Crippen LogP contribution in [-0.2, 0) is 4.79 Å². The van der Waals surface area contributed by atoms with Gasteiger partial charge in [0.25, 0.3) is 5.91 Å². The molecule has 1 aromatic rings. The van der Waals surface area contributed by atoms with Crippen molar-refractivity contribution in [1.29, 1.82) is 0 Å². The Morgan fingerprint density at radius 2 is 2.04 bits per heavy atom. The smallest absolute Gasteiger partial charge is 0.256 e. The topological polar surface area (TPSA) is 59.4 Å². The van der Waals surface area contributed by atoms with Crippen molar-refractivity contribution < 1.29 is 9.90 Å². The monoisotopic (exact) mass is 344 g/mol. The predicted octanol–water partition coefficient (Wildman–Crippen LogP) is 1.01. The van der Waals surface area contributed by atoms with Crippen molar-refractivity contribution in [2.24, 2.45) is 5.10 Å². The van der Waals surface area contributed by atoms with Gasteiger partial charge in [0, 0.05) is 38.6 Å². The van der Waals surface area contributed by atoms with Crippen molar-refractivity contribution in [1.82, 2.24) is 14.8 Å². The minimum Gasteiger partial charge on any atom is -0.392 e. The van der Waals surface area contributed by atoms with Crippen molar-refractivity contribution >= 4 is 11.6 Å². The first-order valence-electron chi connectivity index (χ1n) is 9.10. The zero-order chi connectivity index (χ0) is 17.8. The number of rotatable bonds is 5. The highest BCUT2D eigenvalue weighted by molar-refractivity contribution is 6.02. The first-order chi connectivity index (χ1) is 12.0. The van der Waals surface area contributed by atoms with Gasteiger partial charge in [-0.2, -0.15) is 5.10 Å². The van der Waals surface area contributed by atoms with Crippen LogP contribution in [0.2, 0.25) is 0 Å². The number of hydrazone groups is 1. The maximum Gasteiger partial charge on any atom is 0.256 e. The second-order valence-corrected chi connectivity index (χ2v) is 7.11.